The van der Waals surface area contributed by atoms with Crippen molar-refractivity contribution in [1.82, 2.24) is 0 Å². The van der Waals surface area contributed by atoms with Crippen LogP contribution in [-0.4, -0.2) is 0 Å². The van der Waals surface area contributed by atoms with E-state index in [1.165, 1.54) is 6.07 Å². The first kappa shape index (κ1) is 9.58. The van der Waals surface area contributed by atoms with Crippen LogP contribution < -0.4 is 0 Å². The van der Waals surface area contributed by atoms with E-state index >= 15 is 0 Å². The van der Waals surface area contributed by atoms with Crippen LogP contribution in [-0.2, 0) is 0 Å². The molecule has 0 aromatic heterocycles. The van der Waals surface area contributed by atoms with Crippen molar-refractivity contribution in [2.75, 3.05) is 0 Å². The first-order valence-electron chi connectivity index (χ1n) is 3.71. The van der Waals surface area contributed by atoms with Crippen LogP contribution in [0.15, 0.2) is 6.07 Å². The monoisotopic (exact) mass is 190 g/mol. The average Bonchev–Trinajstić information content (AvgIpc) is 2.12. The molecule has 1 rings (SSSR count). The van der Waals surface area contributed by atoms with Gasteiger partial charge in [0.1, 0.15) is 6.07 Å². The van der Waals surface area contributed by atoms with Crippen molar-refractivity contribution in [1.29, 1.82) is 10.5 Å². The minimum atomic E-state index is 0.349. The van der Waals surface area contributed by atoms with Gasteiger partial charge in [-0.25, -0.2) is 0 Å². The fraction of sp³-hybridized carbons (Fsp3) is 0.200. The molecule has 0 heterocycles. The third kappa shape index (κ3) is 1.49. The minimum Gasteiger partial charge on any atom is -0.192 e. The van der Waals surface area contributed by atoms with Crippen molar-refractivity contribution in [3.8, 4) is 12.1 Å². The third-order valence-corrected chi connectivity index (χ3v) is 2.38. The van der Waals surface area contributed by atoms with Gasteiger partial charge in [0.2, 0.25) is 0 Å². The normalized spacial score (nSPS) is 9.00. The number of nitrogens with zero attached hydrogens (tertiary/aromatic N) is 2. The summed E-state index contributed by atoms with van der Waals surface area (Å²) < 4.78 is 0. The molecule has 0 amide bonds. The Kier molecular flexibility index (Phi) is 2.56. The molecule has 13 heavy (non-hydrogen) atoms. The Bertz CT molecular complexity index is 436. The van der Waals surface area contributed by atoms with Gasteiger partial charge in [-0.1, -0.05) is 11.6 Å². The molecule has 0 aliphatic carbocycles. The van der Waals surface area contributed by atoms with E-state index in [1.54, 1.807) is 6.92 Å². The third-order valence-electron chi connectivity index (χ3n) is 2.08. The molecule has 0 fully saturated rings. The summed E-state index contributed by atoms with van der Waals surface area (Å²) in [6, 6.07) is 5.58. The lowest BCUT2D eigenvalue weighted by molar-refractivity contribution is 1.28. The van der Waals surface area contributed by atoms with Gasteiger partial charge in [0.25, 0.3) is 0 Å². The molecular weight excluding hydrogens is 184 g/mol. The number of rotatable bonds is 0. The summed E-state index contributed by atoms with van der Waals surface area (Å²) in [4.78, 5) is 0. The van der Waals surface area contributed by atoms with Crippen LogP contribution in [0.2, 0.25) is 5.02 Å². The second-order valence-electron chi connectivity index (χ2n) is 2.75. The van der Waals surface area contributed by atoms with Gasteiger partial charge in [0.05, 0.1) is 22.2 Å². The molecule has 64 valence electrons. The van der Waals surface area contributed by atoms with Crippen LogP contribution in [0, 0.1) is 36.5 Å². The van der Waals surface area contributed by atoms with E-state index in [0.717, 1.165) is 11.1 Å². The van der Waals surface area contributed by atoms with Crippen molar-refractivity contribution in [2.45, 2.75) is 13.8 Å². The molecule has 0 aliphatic rings. The summed E-state index contributed by atoms with van der Waals surface area (Å²) in [6.07, 6.45) is 0. The van der Waals surface area contributed by atoms with Crippen LogP contribution in [0.5, 0.6) is 0 Å². The van der Waals surface area contributed by atoms with Crippen molar-refractivity contribution in [3.63, 3.8) is 0 Å². The Morgan fingerprint density at radius 1 is 1.15 bits per heavy atom. The lowest BCUT2D eigenvalue weighted by Gasteiger charge is -2.05. The lowest BCUT2D eigenvalue weighted by atomic mass is 9.99. The molecule has 0 unspecified atom stereocenters. The molecule has 0 radical (unpaired) electrons. The van der Waals surface area contributed by atoms with Gasteiger partial charge in [-0.2, -0.15) is 10.5 Å². The topological polar surface area (TPSA) is 47.6 Å². The Hall–Kier alpha value is -1.51. The first-order valence-corrected chi connectivity index (χ1v) is 4.09. The molecule has 0 saturated carbocycles. The molecule has 0 N–H and O–H groups in total. The molecule has 0 spiro atoms. The van der Waals surface area contributed by atoms with E-state index in [9.17, 15) is 0 Å². The zero-order valence-corrected chi connectivity index (χ0v) is 8.11. The number of benzene rings is 1. The predicted octanol–water partition coefficient (Wildman–Crippen LogP) is 2.70. The van der Waals surface area contributed by atoms with E-state index in [0.29, 0.717) is 16.1 Å². The van der Waals surface area contributed by atoms with Gasteiger partial charge < -0.3 is 0 Å². The fourth-order valence-corrected chi connectivity index (χ4v) is 1.42. The molecule has 3 heteroatoms. The van der Waals surface area contributed by atoms with Crippen molar-refractivity contribution in [3.05, 3.63) is 33.3 Å². The van der Waals surface area contributed by atoms with E-state index in [-0.39, 0.29) is 0 Å². The molecule has 1 aromatic carbocycles. The van der Waals surface area contributed by atoms with E-state index in [4.69, 9.17) is 22.1 Å². The summed E-state index contributed by atoms with van der Waals surface area (Å²) in [5.41, 5.74) is 2.59. The lowest BCUT2D eigenvalue weighted by Crippen LogP contribution is -1.92. The minimum absolute atomic E-state index is 0.349. The van der Waals surface area contributed by atoms with Crippen LogP contribution in [0.4, 0.5) is 0 Å². The second kappa shape index (κ2) is 3.47. The summed E-state index contributed by atoms with van der Waals surface area (Å²) in [6.45, 7) is 3.60. The largest absolute Gasteiger partial charge is 0.192 e. The molecule has 0 bridgehead atoms. The maximum Gasteiger partial charge on any atom is 0.101 e. The summed E-state index contributed by atoms with van der Waals surface area (Å²) in [7, 11) is 0. The SMILES string of the molecule is Cc1c(C#N)cc(Cl)c(C#N)c1C. The van der Waals surface area contributed by atoms with Gasteiger partial charge in [0, 0.05) is 0 Å². The zero-order valence-electron chi connectivity index (χ0n) is 7.35. The Morgan fingerprint density at radius 3 is 2.23 bits per heavy atom. The predicted molar refractivity (Wildman–Crippen MR) is 50.4 cm³/mol. The van der Waals surface area contributed by atoms with Gasteiger partial charge in [0.15, 0.2) is 0 Å². The highest BCUT2D eigenvalue weighted by molar-refractivity contribution is 6.32. The molecule has 0 saturated heterocycles. The van der Waals surface area contributed by atoms with Crippen LogP contribution >= 0.6 is 11.6 Å². The quantitative estimate of drug-likeness (QED) is 0.632. The Balaban J connectivity index is 3.60. The van der Waals surface area contributed by atoms with Crippen LogP contribution in [0.25, 0.3) is 0 Å². The van der Waals surface area contributed by atoms with Crippen LogP contribution in [0.1, 0.15) is 22.3 Å². The molecular formula is C10H7ClN2. The maximum absolute atomic E-state index is 8.77. The first-order chi connectivity index (χ1) is 6.11. The second-order valence-corrected chi connectivity index (χ2v) is 3.16. The fourth-order valence-electron chi connectivity index (χ4n) is 1.13. The molecule has 1 aromatic rings. The molecule has 0 aliphatic heterocycles. The van der Waals surface area contributed by atoms with Crippen molar-refractivity contribution >= 4 is 11.6 Å². The van der Waals surface area contributed by atoms with Crippen molar-refractivity contribution < 1.29 is 0 Å². The van der Waals surface area contributed by atoms with E-state index in [2.05, 4.69) is 0 Å². The zero-order chi connectivity index (χ0) is 10.0. The van der Waals surface area contributed by atoms with E-state index < -0.39 is 0 Å². The Morgan fingerprint density at radius 2 is 1.77 bits per heavy atom. The maximum atomic E-state index is 8.77. The standard InChI is InChI=1S/C10H7ClN2/c1-6-7(2)9(5-13)10(11)3-8(6)4-12/h3H,1-2H3. The molecule has 2 nitrogen and oxygen atoms in total. The van der Waals surface area contributed by atoms with Gasteiger partial charge in [-0.15, -0.1) is 0 Å². The molecule has 0 atom stereocenters. The highest BCUT2D eigenvalue weighted by Gasteiger charge is 2.10. The number of hydrogen-bond donors (Lipinski definition) is 0. The van der Waals surface area contributed by atoms with Crippen LogP contribution in [0.3, 0.4) is 0 Å². The number of hydrogen-bond acceptors (Lipinski definition) is 2. The summed E-state index contributed by atoms with van der Waals surface area (Å²) in [5.74, 6) is 0. The highest BCUT2D eigenvalue weighted by Crippen LogP contribution is 2.24. The average molecular weight is 191 g/mol. The number of halogens is 1. The summed E-state index contributed by atoms with van der Waals surface area (Å²) >= 11 is 5.81. The van der Waals surface area contributed by atoms with Crippen molar-refractivity contribution in [2.24, 2.45) is 0 Å². The van der Waals surface area contributed by atoms with Gasteiger partial charge in [-0.05, 0) is 31.0 Å². The van der Waals surface area contributed by atoms with E-state index in [1.807, 2.05) is 19.1 Å². The number of nitriles is 2. The van der Waals surface area contributed by atoms with Gasteiger partial charge >= 0.3 is 0 Å². The van der Waals surface area contributed by atoms with Gasteiger partial charge in [-0.3, -0.25) is 0 Å². The highest BCUT2D eigenvalue weighted by atomic mass is 35.5. The Labute approximate surface area is 82.0 Å². The smallest absolute Gasteiger partial charge is 0.101 e. The summed E-state index contributed by atoms with van der Waals surface area (Å²) in [5, 5.41) is 17.9.